The number of anilines is 1. The van der Waals surface area contributed by atoms with E-state index in [1.807, 2.05) is 12.1 Å². The van der Waals surface area contributed by atoms with Gasteiger partial charge in [-0.25, -0.2) is 0 Å². The molecular formula is C13H16BrNO2. The van der Waals surface area contributed by atoms with Crippen molar-refractivity contribution < 1.29 is 9.53 Å². The molecule has 0 atom stereocenters. The van der Waals surface area contributed by atoms with E-state index in [1.165, 1.54) is 12.8 Å². The molecule has 0 N–H and O–H groups in total. The summed E-state index contributed by atoms with van der Waals surface area (Å²) in [5, 5.41) is 0. The van der Waals surface area contributed by atoms with Crippen molar-refractivity contribution in [2.45, 2.75) is 12.8 Å². The zero-order chi connectivity index (χ0) is 12.3. The molecule has 1 aliphatic heterocycles. The van der Waals surface area contributed by atoms with Crippen LogP contribution < -0.4 is 4.90 Å². The average Bonchev–Trinajstić information content (AvgIpc) is 2.39. The van der Waals surface area contributed by atoms with Gasteiger partial charge in [-0.05, 0) is 37.1 Å². The van der Waals surface area contributed by atoms with E-state index < -0.39 is 0 Å². The van der Waals surface area contributed by atoms with E-state index in [0.29, 0.717) is 0 Å². The molecule has 0 aliphatic carbocycles. The van der Waals surface area contributed by atoms with E-state index >= 15 is 0 Å². The van der Waals surface area contributed by atoms with Gasteiger partial charge in [0.15, 0.2) is 0 Å². The Bertz CT molecular complexity index is 383. The molecule has 0 radical (unpaired) electrons. The van der Waals surface area contributed by atoms with Crippen molar-refractivity contribution in [2.75, 3.05) is 25.1 Å². The summed E-state index contributed by atoms with van der Waals surface area (Å²) >= 11 is 3.43. The largest absolute Gasteiger partial charge is 0.469 e. The minimum absolute atomic E-state index is 0.0690. The molecule has 0 unspecified atom stereocenters. The lowest BCUT2D eigenvalue weighted by atomic mass is 9.96. The summed E-state index contributed by atoms with van der Waals surface area (Å²) < 4.78 is 5.87. The number of nitrogens with zero attached hydrogens (tertiary/aromatic N) is 1. The van der Waals surface area contributed by atoms with Crippen molar-refractivity contribution in [3.8, 4) is 0 Å². The smallest absolute Gasteiger partial charge is 0.308 e. The van der Waals surface area contributed by atoms with Crippen molar-refractivity contribution in [1.82, 2.24) is 0 Å². The number of hydrogen-bond acceptors (Lipinski definition) is 3. The van der Waals surface area contributed by atoms with Crippen LogP contribution in [-0.2, 0) is 9.53 Å². The predicted molar refractivity (Wildman–Crippen MR) is 71.1 cm³/mol. The van der Waals surface area contributed by atoms with E-state index in [0.717, 1.165) is 30.4 Å². The molecule has 4 heteroatoms. The Morgan fingerprint density at radius 2 is 1.88 bits per heavy atom. The zero-order valence-electron chi connectivity index (χ0n) is 9.86. The first-order chi connectivity index (χ1) is 8.20. The number of carbonyl (C=O) groups excluding carboxylic acids is 1. The van der Waals surface area contributed by atoms with Crippen LogP contribution in [0.3, 0.4) is 0 Å². The van der Waals surface area contributed by atoms with Crippen LogP contribution in [0.4, 0.5) is 5.69 Å². The van der Waals surface area contributed by atoms with Crippen LogP contribution in [0.25, 0.3) is 0 Å². The maximum absolute atomic E-state index is 11.4. The lowest BCUT2D eigenvalue weighted by Crippen LogP contribution is -2.36. The number of halogens is 1. The zero-order valence-corrected chi connectivity index (χ0v) is 11.4. The minimum Gasteiger partial charge on any atom is -0.469 e. The van der Waals surface area contributed by atoms with Crippen LogP contribution in [-0.4, -0.2) is 26.2 Å². The van der Waals surface area contributed by atoms with Crippen LogP contribution in [0.5, 0.6) is 0 Å². The normalized spacial score (nSPS) is 16.9. The van der Waals surface area contributed by atoms with Crippen LogP contribution in [0.15, 0.2) is 28.7 Å². The molecular weight excluding hydrogens is 282 g/mol. The second kappa shape index (κ2) is 5.54. The van der Waals surface area contributed by atoms with Gasteiger partial charge in [-0.1, -0.05) is 15.9 Å². The lowest BCUT2D eigenvalue weighted by molar-refractivity contribution is -0.146. The fourth-order valence-corrected chi connectivity index (χ4v) is 2.46. The summed E-state index contributed by atoms with van der Waals surface area (Å²) in [7, 11) is 1.46. The summed E-state index contributed by atoms with van der Waals surface area (Å²) in [6, 6.07) is 8.29. The summed E-state index contributed by atoms with van der Waals surface area (Å²) in [5.41, 5.74) is 1.22. The third-order valence-electron chi connectivity index (χ3n) is 3.22. The quantitative estimate of drug-likeness (QED) is 0.786. The van der Waals surface area contributed by atoms with Crippen LogP contribution in [0.2, 0.25) is 0 Å². The molecule has 1 aliphatic rings. The number of esters is 1. The first kappa shape index (κ1) is 12.4. The molecule has 1 aromatic rings. The molecule has 0 aromatic heterocycles. The first-order valence-corrected chi connectivity index (χ1v) is 6.58. The minimum atomic E-state index is -0.0690. The van der Waals surface area contributed by atoms with Gasteiger partial charge in [0.2, 0.25) is 0 Å². The van der Waals surface area contributed by atoms with Crippen molar-refractivity contribution >= 4 is 27.6 Å². The molecule has 1 heterocycles. The monoisotopic (exact) mass is 297 g/mol. The SMILES string of the molecule is COC(=O)C1CCN(c2ccc(Br)cc2)CC1. The van der Waals surface area contributed by atoms with Gasteiger partial charge in [0.1, 0.15) is 0 Å². The number of ether oxygens (including phenoxy) is 1. The first-order valence-electron chi connectivity index (χ1n) is 5.79. The highest BCUT2D eigenvalue weighted by Gasteiger charge is 2.25. The van der Waals surface area contributed by atoms with Gasteiger partial charge in [-0.2, -0.15) is 0 Å². The van der Waals surface area contributed by atoms with Crippen molar-refractivity contribution in [1.29, 1.82) is 0 Å². The summed E-state index contributed by atoms with van der Waals surface area (Å²) in [6.45, 7) is 1.84. The molecule has 0 spiro atoms. The topological polar surface area (TPSA) is 29.5 Å². The molecule has 3 nitrogen and oxygen atoms in total. The van der Waals surface area contributed by atoms with Crippen LogP contribution in [0.1, 0.15) is 12.8 Å². The highest BCUT2D eigenvalue weighted by molar-refractivity contribution is 9.10. The van der Waals surface area contributed by atoms with Crippen LogP contribution >= 0.6 is 15.9 Å². The number of benzene rings is 1. The van der Waals surface area contributed by atoms with Gasteiger partial charge in [-0.15, -0.1) is 0 Å². The average molecular weight is 298 g/mol. The fourth-order valence-electron chi connectivity index (χ4n) is 2.19. The highest BCUT2D eigenvalue weighted by atomic mass is 79.9. The Balaban J connectivity index is 1.95. The number of piperidine rings is 1. The van der Waals surface area contributed by atoms with Gasteiger partial charge >= 0.3 is 5.97 Å². The van der Waals surface area contributed by atoms with Gasteiger partial charge in [-0.3, -0.25) is 4.79 Å². The number of rotatable bonds is 2. The van der Waals surface area contributed by atoms with Crippen molar-refractivity contribution in [2.24, 2.45) is 5.92 Å². The Hall–Kier alpha value is -1.03. The third-order valence-corrected chi connectivity index (χ3v) is 3.75. The lowest BCUT2D eigenvalue weighted by Gasteiger charge is -2.32. The molecule has 92 valence electrons. The fraction of sp³-hybridized carbons (Fsp3) is 0.462. The Morgan fingerprint density at radius 3 is 2.41 bits per heavy atom. The number of carbonyl (C=O) groups is 1. The Labute approximate surface area is 110 Å². The van der Waals surface area contributed by atoms with Crippen LogP contribution in [0, 0.1) is 5.92 Å². The van der Waals surface area contributed by atoms with Gasteiger partial charge in [0.05, 0.1) is 13.0 Å². The predicted octanol–water partition coefficient (Wildman–Crippen LogP) is 2.84. The van der Waals surface area contributed by atoms with Crippen molar-refractivity contribution in [3.05, 3.63) is 28.7 Å². The molecule has 2 rings (SSSR count). The summed E-state index contributed by atoms with van der Waals surface area (Å²) in [5.74, 6) is 0.00662. The molecule has 1 saturated heterocycles. The van der Waals surface area contributed by atoms with Gasteiger partial charge in [0, 0.05) is 23.2 Å². The molecule has 0 bridgehead atoms. The van der Waals surface area contributed by atoms with E-state index in [1.54, 1.807) is 0 Å². The second-order valence-corrected chi connectivity index (χ2v) is 5.18. The second-order valence-electron chi connectivity index (χ2n) is 4.26. The summed E-state index contributed by atoms with van der Waals surface area (Å²) in [4.78, 5) is 13.7. The number of hydrogen-bond donors (Lipinski definition) is 0. The molecule has 1 aromatic carbocycles. The molecule has 1 fully saturated rings. The van der Waals surface area contributed by atoms with Gasteiger partial charge in [0.25, 0.3) is 0 Å². The van der Waals surface area contributed by atoms with E-state index in [9.17, 15) is 4.79 Å². The Morgan fingerprint density at radius 1 is 1.29 bits per heavy atom. The maximum Gasteiger partial charge on any atom is 0.308 e. The van der Waals surface area contributed by atoms with E-state index in [4.69, 9.17) is 4.74 Å². The van der Waals surface area contributed by atoms with E-state index in [2.05, 4.69) is 33.0 Å². The molecule has 0 saturated carbocycles. The number of methoxy groups -OCH3 is 1. The summed E-state index contributed by atoms with van der Waals surface area (Å²) in [6.07, 6.45) is 1.76. The third kappa shape index (κ3) is 3.00. The Kier molecular flexibility index (Phi) is 4.05. The van der Waals surface area contributed by atoms with Crippen molar-refractivity contribution in [3.63, 3.8) is 0 Å². The van der Waals surface area contributed by atoms with Gasteiger partial charge < -0.3 is 9.64 Å². The molecule has 17 heavy (non-hydrogen) atoms. The standard InChI is InChI=1S/C13H16BrNO2/c1-17-13(16)10-6-8-15(9-7-10)12-4-2-11(14)3-5-12/h2-5,10H,6-9H2,1H3. The molecule has 0 amide bonds. The highest BCUT2D eigenvalue weighted by Crippen LogP contribution is 2.25. The maximum atomic E-state index is 11.4. The van der Waals surface area contributed by atoms with E-state index in [-0.39, 0.29) is 11.9 Å².